The Labute approximate surface area is 82.1 Å². The van der Waals surface area contributed by atoms with Crippen LogP contribution in [-0.4, -0.2) is 27.4 Å². The van der Waals surface area contributed by atoms with Gasteiger partial charge in [-0.15, -0.1) is 0 Å². The van der Waals surface area contributed by atoms with Gasteiger partial charge < -0.3 is 10.1 Å². The van der Waals surface area contributed by atoms with E-state index in [2.05, 4.69) is 20.5 Å². The van der Waals surface area contributed by atoms with Gasteiger partial charge in [-0.3, -0.25) is 5.10 Å². The molecule has 0 aromatic carbocycles. The van der Waals surface area contributed by atoms with Crippen molar-refractivity contribution in [2.45, 2.75) is 32.9 Å². The summed E-state index contributed by atoms with van der Waals surface area (Å²) in [5.74, 6) is 0.603. The lowest BCUT2D eigenvalue weighted by Crippen LogP contribution is -2.29. The molecule has 0 bridgehead atoms. The topological polar surface area (TPSA) is 79.9 Å². The summed E-state index contributed by atoms with van der Waals surface area (Å²) < 4.78 is 4.91. The molecule has 6 nitrogen and oxygen atoms in total. The zero-order valence-electron chi connectivity index (χ0n) is 8.44. The monoisotopic (exact) mass is 198 g/mol. The summed E-state index contributed by atoms with van der Waals surface area (Å²) in [6, 6.07) is -0.233. The summed E-state index contributed by atoms with van der Waals surface area (Å²) in [4.78, 5) is 15.1. The van der Waals surface area contributed by atoms with Gasteiger partial charge in [0.1, 0.15) is 12.2 Å². The van der Waals surface area contributed by atoms with E-state index in [1.165, 1.54) is 6.33 Å². The van der Waals surface area contributed by atoms with Crippen LogP contribution in [0.3, 0.4) is 0 Å². The van der Waals surface area contributed by atoms with Crippen LogP contribution in [0.15, 0.2) is 6.33 Å². The second-order valence-corrected chi connectivity index (χ2v) is 3.19. The molecule has 78 valence electrons. The number of amides is 1. The average Bonchev–Trinajstić information content (AvgIpc) is 2.53. The minimum absolute atomic E-state index is 0.128. The van der Waals surface area contributed by atoms with Gasteiger partial charge in [-0.05, 0) is 20.8 Å². The fourth-order valence-corrected chi connectivity index (χ4v) is 0.917. The molecule has 1 aromatic heterocycles. The quantitative estimate of drug-likeness (QED) is 0.759. The van der Waals surface area contributed by atoms with E-state index in [9.17, 15) is 4.79 Å². The first-order valence-electron chi connectivity index (χ1n) is 4.42. The second-order valence-electron chi connectivity index (χ2n) is 3.19. The van der Waals surface area contributed by atoms with E-state index < -0.39 is 6.09 Å². The lowest BCUT2D eigenvalue weighted by atomic mass is 10.3. The minimum atomic E-state index is -0.455. The third kappa shape index (κ3) is 3.04. The molecule has 1 amide bonds. The smallest absolute Gasteiger partial charge is 0.407 e. The Hall–Kier alpha value is -1.59. The molecule has 0 saturated heterocycles. The van der Waals surface area contributed by atoms with Gasteiger partial charge in [0.2, 0.25) is 0 Å². The molecule has 0 aliphatic carbocycles. The van der Waals surface area contributed by atoms with Gasteiger partial charge in [0.15, 0.2) is 0 Å². The van der Waals surface area contributed by atoms with E-state index in [0.29, 0.717) is 5.82 Å². The molecule has 1 aromatic rings. The molecule has 0 radical (unpaired) electrons. The second kappa shape index (κ2) is 4.59. The number of nitrogens with one attached hydrogen (secondary N) is 2. The van der Waals surface area contributed by atoms with Crippen molar-refractivity contribution in [3.8, 4) is 0 Å². The SMILES string of the molecule is CC(C)OC(=O)NC(C)c1ncn[nH]1. The maximum atomic E-state index is 11.2. The van der Waals surface area contributed by atoms with E-state index in [1.54, 1.807) is 20.8 Å². The molecule has 1 rings (SSSR count). The highest BCUT2D eigenvalue weighted by molar-refractivity contribution is 5.67. The van der Waals surface area contributed by atoms with Crippen molar-refractivity contribution >= 4 is 6.09 Å². The summed E-state index contributed by atoms with van der Waals surface area (Å²) in [7, 11) is 0. The molecule has 14 heavy (non-hydrogen) atoms. The Kier molecular flexibility index (Phi) is 3.44. The summed E-state index contributed by atoms with van der Waals surface area (Å²) in [5, 5.41) is 8.97. The number of aromatic amines is 1. The Morgan fingerprint density at radius 3 is 2.79 bits per heavy atom. The Bertz CT molecular complexity index is 284. The predicted octanol–water partition coefficient (Wildman–Crippen LogP) is 1.00. The molecule has 0 aliphatic heterocycles. The van der Waals surface area contributed by atoms with E-state index in [4.69, 9.17) is 4.74 Å². The summed E-state index contributed by atoms with van der Waals surface area (Å²) >= 11 is 0. The molecule has 0 saturated carbocycles. The number of H-pyrrole nitrogens is 1. The number of nitrogens with zero attached hydrogens (tertiary/aromatic N) is 2. The third-order valence-electron chi connectivity index (χ3n) is 1.52. The first-order valence-corrected chi connectivity index (χ1v) is 4.42. The van der Waals surface area contributed by atoms with Crippen LogP contribution in [0.2, 0.25) is 0 Å². The molecule has 2 N–H and O–H groups in total. The first kappa shape index (κ1) is 10.5. The van der Waals surface area contributed by atoms with Crippen LogP contribution in [0.5, 0.6) is 0 Å². The predicted molar refractivity (Wildman–Crippen MR) is 49.6 cm³/mol. The van der Waals surface area contributed by atoms with Crippen LogP contribution in [0.25, 0.3) is 0 Å². The van der Waals surface area contributed by atoms with Crippen molar-refractivity contribution in [1.29, 1.82) is 0 Å². The summed E-state index contributed by atoms with van der Waals surface area (Å²) in [6.45, 7) is 5.37. The van der Waals surface area contributed by atoms with Crippen molar-refractivity contribution in [2.24, 2.45) is 0 Å². The summed E-state index contributed by atoms with van der Waals surface area (Å²) in [6.07, 6.45) is 0.808. The zero-order valence-corrected chi connectivity index (χ0v) is 8.44. The molecule has 6 heteroatoms. The fraction of sp³-hybridized carbons (Fsp3) is 0.625. The van der Waals surface area contributed by atoms with Gasteiger partial charge in [-0.1, -0.05) is 0 Å². The minimum Gasteiger partial charge on any atom is -0.447 e. The zero-order chi connectivity index (χ0) is 10.6. The van der Waals surface area contributed by atoms with E-state index in [1.807, 2.05) is 0 Å². The number of hydrogen-bond acceptors (Lipinski definition) is 4. The van der Waals surface area contributed by atoms with Crippen molar-refractivity contribution < 1.29 is 9.53 Å². The van der Waals surface area contributed by atoms with E-state index in [-0.39, 0.29) is 12.1 Å². The van der Waals surface area contributed by atoms with Crippen molar-refractivity contribution in [2.75, 3.05) is 0 Å². The molecule has 0 spiro atoms. The Morgan fingerprint density at radius 2 is 2.29 bits per heavy atom. The van der Waals surface area contributed by atoms with Gasteiger partial charge in [-0.25, -0.2) is 9.78 Å². The number of rotatable bonds is 3. The van der Waals surface area contributed by atoms with Gasteiger partial charge in [0.05, 0.1) is 12.1 Å². The van der Waals surface area contributed by atoms with Gasteiger partial charge >= 0.3 is 6.09 Å². The van der Waals surface area contributed by atoms with Crippen LogP contribution < -0.4 is 5.32 Å². The molecular weight excluding hydrogens is 184 g/mol. The van der Waals surface area contributed by atoms with Gasteiger partial charge in [0.25, 0.3) is 0 Å². The molecule has 0 fully saturated rings. The number of alkyl carbamates (subject to hydrolysis) is 1. The average molecular weight is 198 g/mol. The number of ether oxygens (including phenoxy) is 1. The van der Waals surface area contributed by atoms with Crippen LogP contribution >= 0.6 is 0 Å². The maximum absolute atomic E-state index is 11.2. The highest BCUT2D eigenvalue weighted by atomic mass is 16.6. The Morgan fingerprint density at radius 1 is 1.57 bits per heavy atom. The molecule has 1 atom stereocenters. The number of hydrogen-bond donors (Lipinski definition) is 2. The third-order valence-corrected chi connectivity index (χ3v) is 1.52. The lowest BCUT2D eigenvalue weighted by Gasteiger charge is -2.13. The van der Waals surface area contributed by atoms with Crippen molar-refractivity contribution in [3.05, 3.63) is 12.2 Å². The molecule has 1 unspecified atom stereocenters. The first-order chi connectivity index (χ1) is 6.59. The van der Waals surface area contributed by atoms with Crippen molar-refractivity contribution in [3.63, 3.8) is 0 Å². The van der Waals surface area contributed by atoms with Crippen LogP contribution in [-0.2, 0) is 4.74 Å². The standard InChI is InChI=1S/C8H14N4O2/c1-5(2)14-8(13)11-6(3)7-9-4-10-12-7/h4-6H,1-3H3,(H,11,13)(H,9,10,12). The van der Waals surface area contributed by atoms with E-state index in [0.717, 1.165) is 0 Å². The number of carbonyl (C=O) groups excluding carboxylic acids is 1. The number of carbonyl (C=O) groups is 1. The van der Waals surface area contributed by atoms with Crippen LogP contribution in [0.4, 0.5) is 4.79 Å². The van der Waals surface area contributed by atoms with Gasteiger partial charge in [0, 0.05) is 0 Å². The highest BCUT2D eigenvalue weighted by Crippen LogP contribution is 2.04. The number of aromatic nitrogens is 3. The fourth-order valence-electron chi connectivity index (χ4n) is 0.917. The van der Waals surface area contributed by atoms with E-state index >= 15 is 0 Å². The molecule has 0 aliphatic rings. The normalized spacial score (nSPS) is 12.6. The Balaban J connectivity index is 2.41. The summed E-state index contributed by atoms with van der Waals surface area (Å²) in [5.41, 5.74) is 0. The maximum Gasteiger partial charge on any atom is 0.407 e. The largest absolute Gasteiger partial charge is 0.447 e. The highest BCUT2D eigenvalue weighted by Gasteiger charge is 2.13. The van der Waals surface area contributed by atoms with Crippen LogP contribution in [0.1, 0.15) is 32.6 Å². The van der Waals surface area contributed by atoms with Crippen LogP contribution in [0, 0.1) is 0 Å². The van der Waals surface area contributed by atoms with Crippen molar-refractivity contribution in [1.82, 2.24) is 20.5 Å². The van der Waals surface area contributed by atoms with Gasteiger partial charge in [-0.2, -0.15) is 5.10 Å². The molecular formula is C8H14N4O2. The molecule has 1 heterocycles. The lowest BCUT2D eigenvalue weighted by molar-refractivity contribution is 0.112.